The van der Waals surface area contributed by atoms with Crippen molar-refractivity contribution >= 4 is 23.1 Å². The summed E-state index contributed by atoms with van der Waals surface area (Å²) in [5.74, 6) is 1.27. The van der Waals surface area contributed by atoms with E-state index in [1.165, 1.54) is 11.3 Å². The van der Waals surface area contributed by atoms with E-state index in [0.29, 0.717) is 0 Å². The topological polar surface area (TPSA) is 45.2 Å². The Bertz CT molecular complexity index is 677. The summed E-state index contributed by atoms with van der Waals surface area (Å²) >= 11 is 0. The van der Waals surface area contributed by atoms with Gasteiger partial charge in [0.25, 0.3) is 0 Å². The Hall–Kier alpha value is -2.36. The lowest BCUT2D eigenvalue weighted by molar-refractivity contribution is -0.117. The van der Waals surface area contributed by atoms with E-state index in [2.05, 4.69) is 39.5 Å². The molecule has 2 aromatic rings. The number of pyridine rings is 1. The summed E-state index contributed by atoms with van der Waals surface area (Å²) in [5.41, 5.74) is 3.38. The number of hydrogen-bond acceptors (Lipinski definition) is 3. The highest BCUT2D eigenvalue weighted by Gasteiger charge is 2.29. The van der Waals surface area contributed by atoms with Crippen LogP contribution in [0.4, 0.5) is 17.2 Å². The van der Waals surface area contributed by atoms with Crippen LogP contribution in [0.1, 0.15) is 18.4 Å². The second kappa shape index (κ2) is 4.88. The van der Waals surface area contributed by atoms with Gasteiger partial charge >= 0.3 is 0 Å². The third kappa shape index (κ3) is 2.37. The fourth-order valence-electron chi connectivity index (χ4n) is 2.79. The summed E-state index contributed by atoms with van der Waals surface area (Å²) in [7, 11) is 0. The molecule has 2 heterocycles. The minimum Gasteiger partial charge on any atom is -0.326 e. The highest BCUT2D eigenvalue weighted by molar-refractivity contribution is 5.94. The Morgan fingerprint density at radius 1 is 1.19 bits per heavy atom. The molecule has 4 heteroatoms. The van der Waals surface area contributed by atoms with Crippen molar-refractivity contribution in [1.82, 2.24) is 4.98 Å². The van der Waals surface area contributed by atoms with Gasteiger partial charge in [0.05, 0.1) is 11.9 Å². The third-order valence-electron chi connectivity index (χ3n) is 4.13. The normalized spacial score (nSPS) is 16.7. The quantitative estimate of drug-likeness (QED) is 0.939. The zero-order valence-corrected chi connectivity index (χ0v) is 11.7. The molecule has 2 aliphatic rings. The van der Waals surface area contributed by atoms with Gasteiger partial charge in [-0.15, -0.1) is 0 Å². The van der Waals surface area contributed by atoms with Crippen molar-refractivity contribution in [2.75, 3.05) is 16.8 Å². The van der Waals surface area contributed by atoms with Crippen LogP contribution < -0.4 is 10.2 Å². The lowest BCUT2D eigenvalue weighted by Gasteiger charge is -2.18. The Morgan fingerprint density at radius 2 is 2.05 bits per heavy atom. The predicted octanol–water partition coefficient (Wildman–Crippen LogP) is 3.12. The molecule has 0 atom stereocenters. The van der Waals surface area contributed by atoms with E-state index in [4.69, 9.17) is 0 Å². The lowest BCUT2D eigenvalue weighted by atomic mass is 10.2. The molecule has 0 unspecified atom stereocenters. The molecule has 4 nitrogen and oxygen atoms in total. The van der Waals surface area contributed by atoms with Crippen LogP contribution in [0.25, 0.3) is 0 Å². The van der Waals surface area contributed by atoms with Gasteiger partial charge in [-0.05, 0) is 43.0 Å². The number of rotatable bonds is 3. The minimum atomic E-state index is 0.121. The molecule has 1 aliphatic heterocycles. The molecule has 1 saturated carbocycles. The van der Waals surface area contributed by atoms with E-state index in [9.17, 15) is 4.79 Å². The summed E-state index contributed by atoms with van der Waals surface area (Å²) in [6.45, 7) is 0.958. The van der Waals surface area contributed by atoms with Crippen LogP contribution in [-0.4, -0.2) is 17.4 Å². The predicted molar refractivity (Wildman–Crippen MR) is 82.7 cm³/mol. The molecule has 1 fully saturated rings. The van der Waals surface area contributed by atoms with E-state index in [0.717, 1.165) is 37.3 Å². The maximum atomic E-state index is 11.7. The van der Waals surface area contributed by atoms with Crippen LogP contribution in [0.15, 0.2) is 42.6 Å². The Kier molecular flexibility index (Phi) is 2.88. The number of para-hydroxylation sites is 1. The molecular weight excluding hydrogens is 262 g/mol. The monoisotopic (exact) mass is 279 g/mol. The molecule has 1 amide bonds. The van der Waals surface area contributed by atoms with Gasteiger partial charge in [0.1, 0.15) is 5.82 Å². The van der Waals surface area contributed by atoms with Crippen molar-refractivity contribution in [2.24, 2.45) is 5.92 Å². The van der Waals surface area contributed by atoms with Gasteiger partial charge in [0.2, 0.25) is 5.91 Å². The SMILES string of the molecule is O=C(Nc1ccc(N2CCc3ccccc32)nc1)C1CC1. The molecule has 106 valence electrons. The number of fused-ring (bicyclic) bond motifs is 1. The molecule has 4 rings (SSSR count). The van der Waals surface area contributed by atoms with Crippen LogP contribution in [0.3, 0.4) is 0 Å². The number of benzene rings is 1. The van der Waals surface area contributed by atoms with E-state index in [1.54, 1.807) is 6.20 Å². The molecule has 1 aromatic carbocycles. The number of aromatic nitrogens is 1. The molecular formula is C17H17N3O. The summed E-state index contributed by atoms with van der Waals surface area (Å²) in [6, 6.07) is 12.3. The summed E-state index contributed by atoms with van der Waals surface area (Å²) in [6.07, 6.45) is 4.83. The van der Waals surface area contributed by atoms with Gasteiger partial charge in [-0.25, -0.2) is 4.98 Å². The fraction of sp³-hybridized carbons (Fsp3) is 0.294. The van der Waals surface area contributed by atoms with E-state index in [-0.39, 0.29) is 11.8 Å². The Balaban J connectivity index is 1.53. The van der Waals surface area contributed by atoms with Gasteiger partial charge in [-0.2, -0.15) is 0 Å². The fourth-order valence-corrected chi connectivity index (χ4v) is 2.79. The first-order chi connectivity index (χ1) is 10.3. The van der Waals surface area contributed by atoms with Crippen LogP contribution in [-0.2, 0) is 11.2 Å². The van der Waals surface area contributed by atoms with E-state index in [1.807, 2.05) is 12.1 Å². The second-order valence-electron chi connectivity index (χ2n) is 5.70. The second-order valence-corrected chi connectivity index (χ2v) is 5.70. The maximum absolute atomic E-state index is 11.7. The van der Waals surface area contributed by atoms with Crippen LogP contribution in [0.2, 0.25) is 0 Å². The first-order valence-electron chi connectivity index (χ1n) is 7.43. The van der Waals surface area contributed by atoms with Crippen molar-refractivity contribution in [2.45, 2.75) is 19.3 Å². The van der Waals surface area contributed by atoms with Crippen molar-refractivity contribution in [3.63, 3.8) is 0 Å². The van der Waals surface area contributed by atoms with Crippen molar-refractivity contribution in [3.8, 4) is 0 Å². The zero-order valence-electron chi connectivity index (χ0n) is 11.7. The number of amides is 1. The minimum absolute atomic E-state index is 0.121. The molecule has 0 radical (unpaired) electrons. The van der Waals surface area contributed by atoms with Gasteiger partial charge in [-0.1, -0.05) is 18.2 Å². The lowest BCUT2D eigenvalue weighted by Crippen LogP contribution is -2.16. The average Bonchev–Trinajstić information content (AvgIpc) is 3.28. The highest BCUT2D eigenvalue weighted by Crippen LogP contribution is 2.34. The largest absolute Gasteiger partial charge is 0.326 e. The number of nitrogens with zero attached hydrogens (tertiary/aromatic N) is 2. The van der Waals surface area contributed by atoms with Crippen LogP contribution in [0, 0.1) is 5.92 Å². The highest BCUT2D eigenvalue weighted by atomic mass is 16.2. The number of hydrogen-bond donors (Lipinski definition) is 1. The molecule has 1 aliphatic carbocycles. The average molecular weight is 279 g/mol. The van der Waals surface area contributed by atoms with Crippen molar-refractivity contribution < 1.29 is 4.79 Å². The van der Waals surface area contributed by atoms with Gasteiger partial charge in [0, 0.05) is 18.2 Å². The molecule has 0 bridgehead atoms. The van der Waals surface area contributed by atoms with Gasteiger partial charge in [0.15, 0.2) is 0 Å². The Morgan fingerprint density at radius 3 is 2.81 bits per heavy atom. The maximum Gasteiger partial charge on any atom is 0.227 e. The zero-order chi connectivity index (χ0) is 14.2. The molecule has 1 N–H and O–H groups in total. The van der Waals surface area contributed by atoms with E-state index >= 15 is 0 Å². The summed E-state index contributed by atoms with van der Waals surface area (Å²) in [5, 5.41) is 2.92. The molecule has 0 saturated heterocycles. The first-order valence-corrected chi connectivity index (χ1v) is 7.43. The smallest absolute Gasteiger partial charge is 0.227 e. The van der Waals surface area contributed by atoms with Crippen molar-refractivity contribution in [1.29, 1.82) is 0 Å². The molecule has 0 spiro atoms. The molecule has 1 aromatic heterocycles. The standard InChI is InChI=1S/C17H17N3O/c21-17(13-5-6-13)19-14-7-8-16(18-11-14)20-10-9-12-3-1-2-4-15(12)20/h1-4,7-8,11,13H,5-6,9-10H2,(H,19,21). The summed E-state index contributed by atoms with van der Waals surface area (Å²) < 4.78 is 0. The number of nitrogens with one attached hydrogen (secondary N) is 1. The van der Waals surface area contributed by atoms with Crippen molar-refractivity contribution in [3.05, 3.63) is 48.2 Å². The number of carbonyl (C=O) groups excluding carboxylic acids is 1. The van der Waals surface area contributed by atoms with E-state index < -0.39 is 0 Å². The third-order valence-corrected chi connectivity index (χ3v) is 4.13. The van der Waals surface area contributed by atoms with Crippen LogP contribution in [0.5, 0.6) is 0 Å². The summed E-state index contributed by atoms with van der Waals surface area (Å²) in [4.78, 5) is 18.5. The number of carbonyl (C=O) groups is 1. The Labute approximate surface area is 123 Å². The first kappa shape index (κ1) is 12.4. The molecule has 21 heavy (non-hydrogen) atoms. The van der Waals surface area contributed by atoms with Gasteiger partial charge < -0.3 is 10.2 Å². The van der Waals surface area contributed by atoms with Crippen LogP contribution >= 0.6 is 0 Å². The van der Waals surface area contributed by atoms with Gasteiger partial charge in [-0.3, -0.25) is 4.79 Å². The number of anilines is 3.